The van der Waals surface area contributed by atoms with E-state index in [1.54, 1.807) is 0 Å². The molecule has 0 aromatic heterocycles. The molecule has 0 N–H and O–H groups in total. The first-order chi connectivity index (χ1) is 13.9. The summed E-state index contributed by atoms with van der Waals surface area (Å²) in [7, 11) is 0. The molecule has 0 fully saturated rings. The van der Waals surface area contributed by atoms with Crippen molar-refractivity contribution in [2.45, 2.75) is 55.4 Å². The molecule has 18 heteroatoms. The number of hydrogen-bond donors (Lipinski definition) is 0. The van der Waals surface area contributed by atoms with Gasteiger partial charge in [0.25, 0.3) is 0 Å². The Morgan fingerprint density at radius 1 is 0.294 bits per heavy atom. The molecule has 0 saturated heterocycles. The van der Waals surface area contributed by atoms with Crippen molar-refractivity contribution in [1.82, 2.24) is 0 Å². The van der Waals surface area contributed by atoms with E-state index in [1.807, 2.05) is 0 Å². The zero-order valence-corrected chi connectivity index (χ0v) is 26.9. The Kier molecular flexibility index (Phi) is 107. The molecule has 0 radical (unpaired) electrons. The van der Waals surface area contributed by atoms with Crippen molar-refractivity contribution in [3.8, 4) is 0 Å². The van der Waals surface area contributed by atoms with E-state index in [0.29, 0.717) is 0 Å². The fourth-order valence-corrected chi connectivity index (χ4v) is 0. The Morgan fingerprint density at radius 3 is 0.294 bits per heavy atom. The average Bonchev–Trinajstić information content (AvgIpc) is 2.30. The molecule has 0 aromatic rings. The Bertz CT molecular complexity index is 373. The molecule has 0 bridgehead atoms. The Hall–Kier alpha value is -2.56. The van der Waals surface area contributed by atoms with Gasteiger partial charge >= 0.3 is 19.5 Å². The van der Waals surface area contributed by atoms with Gasteiger partial charge in [-0.25, -0.2) is 0 Å². The molecule has 0 amide bonds. The normalized spacial score (nSPS) is 5.88. The zero-order chi connectivity index (χ0) is 28.6. The third-order valence-corrected chi connectivity index (χ3v) is 0. The van der Waals surface area contributed by atoms with E-state index < -0.39 is 47.8 Å². The van der Waals surface area contributed by atoms with Crippen molar-refractivity contribution < 1.29 is 130 Å². The minimum Gasteiger partial charge on any atom is -0.550 e. The molecule has 0 aromatic carbocycles. The first kappa shape index (κ1) is 63.4. The second kappa shape index (κ2) is 57.4. The predicted octanol–water partition coefficient (Wildman–Crippen LogP) is -9.95. The van der Waals surface area contributed by atoms with Crippen molar-refractivity contribution in [2.24, 2.45) is 0 Å². The van der Waals surface area contributed by atoms with Crippen LogP contribution in [0.5, 0.6) is 0 Å². The van der Waals surface area contributed by atoms with E-state index in [9.17, 15) is 0 Å². The van der Waals surface area contributed by atoms with Gasteiger partial charge in [0.2, 0.25) is 0 Å². The monoisotopic (exact) mass is 774 g/mol. The maximum atomic E-state index is 8.89. The second-order valence-electron chi connectivity index (χ2n) is 3.93. The van der Waals surface area contributed by atoms with Crippen LogP contribution in [0.15, 0.2) is 0 Å². The van der Waals surface area contributed by atoms with E-state index in [1.165, 1.54) is 0 Å². The Morgan fingerprint density at radius 2 is 0.294 bits per heavy atom. The summed E-state index contributed by atoms with van der Waals surface area (Å²) in [5.41, 5.74) is 0. The van der Waals surface area contributed by atoms with Gasteiger partial charge in [-0.05, 0) is 55.4 Å². The summed E-state index contributed by atoms with van der Waals surface area (Å²) in [6.07, 6.45) is 0. The van der Waals surface area contributed by atoms with Crippen LogP contribution in [0.4, 0.5) is 0 Å². The molecule has 34 heavy (non-hydrogen) atoms. The third-order valence-electron chi connectivity index (χ3n) is 0. The van der Waals surface area contributed by atoms with Crippen LogP contribution in [0.25, 0.3) is 0 Å². The summed E-state index contributed by atoms with van der Waals surface area (Å²) in [4.78, 5) is 71.1. The van der Waals surface area contributed by atoms with E-state index >= 15 is 0 Å². The molecule has 0 aliphatic rings. The van der Waals surface area contributed by atoms with Gasteiger partial charge in [-0.1, -0.05) is 0 Å². The van der Waals surface area contributed by atoms with Crippen LogP contribution in [-0.2, 0) is 57.8 Å². The molecular weight excluding hydrogens is 752 g/mol. The number of carbonyl (C=O) groups excluding carboxylic acids is 8. The van der Waals surface area contributed by atoms with E-state index in [4.69, 9.17) is 79.2 Å². The van der Waals surface area contributed by atoms with Crippen molar-refractivity contribution in [3.05, 3.63) is 0 Å². The molecule has 0 aliphatic heterocycles. The van der Waals surface area contributed by atoms with Crippen molar-refractivity contribution in [1.29, 1.82) is 0 Å². The number of aliphatic carboxylic acids is 8. The summed E-state index contributed by atoms with van der Waals surface area (Å²) >= 11 is 0. The minimum atomic E-state index is -1.08. The molecule has 0 unspecified atom stereocenters. The van der Waals surface area contributed by atoms with Gasteiger partial charge in [0.15, 0.2) is 0 Å². The molecule has 0 saturated carbocycles. The summed E-state index contributed by atoms with van der Waals surface area (Å²) < 4.78 is 0. The Balaban J connectivity index is -0.0000000240. The fourth-order valence-electron chi connectivity index (χ4n) is 0. The van der Waals surface area contributed by atoms with Gasteiger partial charge in [-0.2, -0.15) is 0 Å². The van der Waals surface area contributed by atoms with Crippen LogP contribution >= 0.6 is 0 Å². The molecular formula is C16H24O16UZn-6. The van der Waals surface area contributed by atoms with Crippen LogP contribution in [-0.4, -0.2) is 47.8 Å². The molecule has 196 valence electrons. The van der Waals surface area contributed by atoms with Crippen molar-refractivity contribution in [2.75, 3.05) is 0 Å². The van der Waals surface area contributed by atoms with Crippen LogP contribution < -0.4 is 40.9 Å². The summed E-state index contributed by atoms with van der Waals surface area (Å²) in [5.74, 6) is -8.67. The average molecular weight is 776 g/mol. The standard InChI is InChI=1S/8C2H4O2.U.Zn/c8*1-2(3)4;;/h8*1H3,(H,3,4);;/q;;;;;;;;;+2/p-8. The molecule has 0 atom stereocenters. The van der Waals surface area contributed by atoms with Crippen LogP contribution in [0, 0.1) is 31.1 Å². The number of hydrogen-bond acceptors (Lipinski definition) is 16. The number of carbonyl (C=O) groups is 8. The van der Waals surface area contributed by atoms with Crippen molar-refractivity contribution in [3.63, 3.8) is 0 Å². The first-order valence-electron chi connectivity index (χ1n) is 7.27. The molecule has 0 spiro atoms. The van der Waals surface area contributed by atoms with Gasteiger partial charge in [-0.3, -0.25) is 0 Å². The predicted molar refractivity (Wildman–Crippen MR) is 85.4 cm³/mol. The Labute approximate surface area is 232 Å². The molecule has 0 heterocycles. The minimum absolute atomic E-state index is 0. The van der Waals surface area contributed by atoms with Crippen LogP contribution in [0.3, 0.4) is 0 Å². The van der Waals surface area contributed by atoms with Crippen molar-refractivity contribution >= 4 is 47.8 Å². The second-order valence-corrected chi connectivity index (χ2v) is 3.93. The third kappa shape index (κ3) is 3620. The molecule has 16 nitrogen and oxygen atoms in total. The molecule has 0 rings (SSSR count). The van der Waals surface area contributed by atoms with Crippen LogP contribution in [0.1, 0.15) is 55.4 Å². The van der Waals surface area contributed by atoms with E-state index in [2.05, 4.69) is 0 Å². The van der Waals surface area contributed by atoms with Gasteiger partial charge in [0.05, 0.1) is 0 Å². The van der Waals surface area contributed by atoms with Gasteiger partial charge in [0, 0.05) is 78.9 Å². The number of rotatable bonds is 0. The van der Waals surface area contributed by atoms with E-state index in [0.717, 1.165) is 55.4 Å². The van der Waals surface area contributed by atoms with Gasteiger partial charge < -0.3 is 79.2 Å². The van der Waals surface area contributed by atoms with Crippen LogP contribution in [0.2, 0.25) is 0 Å². The van der Waals surface area contributed by atoms with E-state index in [-0.39, 0.29) is 50.6 Å². The maximum Gasteiger partial charge on any atom is 2.00 e. The fraction of sp³-hybridized carbons (Fsp3) is 0.500. The van der Waals surface area contributed by atoms with Gasteiger partial charge in [0.1, 0.15) is 0 Å². The summed E-state index contributed by atoms with van der Waals surface area (Å²) in [6, 6.07) is 0. The maximum absolute atomic E-state index is 8.89. The molecule has 0 aliphatic carbocycles. The first-order valence-corrected chi connectivity index (χ1v) is 7.27. The quantitative estimate of drug-likeness (QED) is 0.206. The topological polar surface area (TPSA) is 321 Å². The number of carboxylic acid groups (broad SMARTS) is 8. The summed E-state index contributed by atoms with van der Waals surface area (Å²) in [6.45, 7) is 7.78. The smallest absolute Gasteiger partial charge is 0.550 e. The van der Waals surface area contributed by atoms with Gasteiger partial charge in [-0.15, -0.1) is 0 Å². The summed E-state index contributed by atoms with van der Waals surface area (Å²) in [5, 5.41) is 71.1. The zero-order valence-electron chi connectivity index (χ0n) is 19.7. The largest absolute Gasteiger partial charge is 2.00 e. The number of carboxylic acids is 8. The SMILES string of the molecule is CC(=O)[O-].CC(=O)[O-].CC(=O)[O-].CC(=O)[O-].CC(=O)[O-].CC(=O)[O-].CC(=O)[O-].CC(=O)[O-].[U].[Zn+2].